The van der Waals surface area contributed by atoms with Crippen LogP contribution < -0.4 is 11.3 Å². The van der Waals surface area contributed by atoms with Crippen molar-refractivity contribution in [2.75, 3.05) is 0 Å². The van der Waals surface area contributed by atoms with Crippen LogP contribution in [0.5, 0.6) is 0 Å². The van der Waals surface area contributed by atoms with E-state index in [1.807, 2.05) is 45.0 Å². The molecule has 0 radical (unpaired) electrons. The van der Waals surface area contributed by atoms with Crippen molar-refractivity contribution >= 4 is 17.4 Å². The van der Waals surface area contributed by atoms with Crippen LogP contribution in [-0.4, -0.2) is 11.4 Å². The van der Waals surface area contributed by atoms with Crippen molar-refractivity contribution in [2.24, 2.45) is 10.8 Å². The molecule has 1 rings (SSSR count). The Balaban J connectivity index is 2.82. The second-order valence-corrected chi connectivity index (χ2v) is 5.12. The van der Waals surface area contributed by atoms with E-state index >= 15 is 0 Å². The summed E-state index contributed by atoms with van der Waals surface area (Å²) in [7, 11) is 0. The second kappa shape index (κ2) is 5.32. The van der Waals surface area contributed by atoms with Gasteiger partial charge in [-0.2, -0.15) is 0 Å². The smallest absolute Gasteiger partial charge is 0.115 e. The van der Waals surface area contributed by atoms with Gasteiger partial charge in [-0.15, -0.1) is 0 Å². The molecule has 4 heteroatoms. The fourth-order valence-corrected chi connectivity index (χ4v) is 1.58. The fraction of sp³-hybridized carbons (Fsp3) is 0.417. The van der Waals surface area contributed by atoms with Gasteiger partial charge < -0.3 is 5.43 Å². The first-order valence-corrected chi connectivity index (χ1v) is 5.58. The fourth-order valence-electron chi connectivity index (χ4n) is 1.37. The van der Waals surface area contributed by atoms with Crippen LogP contribution in [0.25, 0.3) is 0 Å². The van der Waals surface area contributed by atoms with Crippen molar-refractivity contribution in [2.45, 2.75) is 32.7 Å². The number of amidine groups is 1. The zero-order valence-electron chi connectivity index (χ0n) is 9.92. The molecule has 0 unspecified atom stereocenters. The highest BCUT2D eigenvalue weighted by atomic mass is 35.5. The van der Waals surface area contributed by atoms with Crippen molar-refractivity contribution in [1.29, 1.82) is 0 Å². The summed E-state index contributed by atoms with van der Waals surface area (Å²) in [6.07, 6.45) is 0.661. The van der Waals surface area contributed by atoms with Crippen LogP contribution in [-0.2, 0) is 6.42 Å². The molecule has 0 saturated heterocycles. The summed E-state index contributed by atoms with van der Waals surface area (Å²) < 4.78 is 0. The minimum Gasteiger partial charge on any atom is -0.312 e. The lowest BCUT2D eigenvalue weighted by Gasteiger charge is -2.15. The highest BCUT2D eigenvalue weighted by Gasteiger charge is 2.09. The van der Waals surface area contributed by atoms with Gasteiger partial charge in [-0.05, 0) is 38.5 Å². The SMILES string of the molecule is CC(C)(C)N=C(Cc1cccc(Cl)c1)NN. The quantitative estimate of drug-likeness (QED) is 0.361. The standard InChI is InChI=1S/C12H18ClN3/c1-12(2,3)15-11(16-14)8-9-5-4-6-10(13)7-9/h4-7H,8,14H2,1-3H3,(H,15,16). The van der Waals surface area contributed by atoms with Crippen molar-refractivity contribution in [1.82, 2.24) is 5.43 Å². The number of nitrogens with two attached hydrogens (primary N) is 1. The van der Waals surface area contributed by atoms with Gasteiger partial charge in [0.15, 0.2) is 0 Å². The summed E-state index contributed by atoms with van der Waals surface area (Å²) in [5, 5.41) is 0.727. The number of rotatable bonds is 2. The summed E-state index contributed by atoms with van der Waals surface area (Å²) in [5.41, 5.74) is 3.59. The molecule has 3 N–H and O–H groups in total. The van der Waals surface area contributed by atoms with Crippen molar-refractivity contribution in [3.8, 4) is 0 Å². The number of nitrogens with one attached hydrogen (secondary N) is 1. The summed E-state index contributed by atoms with van der Waals surface area (Å²) >= 11 is 5.91. The van der Waals surface area contributed by atoms with Crippen LogP contribution in [0.4, 0.5) is 0 Å². The second-order valence-electron chi connectivity index (χ2n) is 4.68. The number of hydrazine groups is 1. The lowest BCUT2D eigenvalue weighted by Crippen LogP contribution is -2.34. The topological polar surface area (TPSA) is 50.4 Å². The molecule has 0 atom stereocenters. The third-order valence-electron chi connectivity index (χ3n) is 1.90. The minimum absolute atomic E-state index is 0.139. The maximum absolute atomic E-state index is 5.91. The predicted octanol–water partition coefficient (Wildman–Crippen LogP) is 2.54. The Morgan fingerprint density at radius 1 is 1.44 bits per heavy atom. The zero-order valence-corrected chi connectivity index (χ0v) is 10.7. The van der Waals surface area contributed by atoms with E-state index in [1.165, 1.54) is 0 Å². The lowest BCUT2D eigenvalue weighted by molar-refractivity contribution is 0.578. The molecular formula is C12H18ClN3. The number of hydrogen-bond donors (Lipinski definition) is 2. The van der Waals surface area contributed by atoms with Crippen molar-refractivity contribution in [3.05, 3.63) is 34.9 Å². The molecule has 0 heterocycles. The molecule has 88 valence electrons. The summed E-state index contributed by atoms with van der Waals surface area (Å²) in [5.74, 6) is 6.21. The Bertz CT molecular complexity index is 380. The Morgan fingerprint density at radius 2 is 2.12 bits per heavy atom. The number of nitrogens with zero attached hydrogens (tertiary/aromatic N) is 1. The molecule has 0 fully saturated rings. The van der Waals surface area contributed by atoms with E-state index in [4.69, 9.17) is 17.4 Å². The summed E-state index contributed by atoms with van der Waals surface area (Å²) in [6, 6.07) is 7.68. The van der Waals surface area contributed by atoms with Crippen LogP contribution in [0.2, 0.25) is 5.02 Å². The number of halogens is 1. The largest absolute Gasteiger partial charge is 0.312 e. The molecule has 0 amide bonds. The molecule has 0 aromatic heterocycles. The van der Waals surface area contributed by atoms with Gasteiger partial charge in [0.2, 0.25) is 0 Å². The van der Waals surface area contributed by atoms with E-state index in [1.54, 1.807) is 0 Å². The highest BCUT2D eigenvalue weighted by Crippen LogP contribution is 2.12. The number of aliphatic imine (C=N–C) groups is 1. The summed E-state index contributed by atoms with van der Waals surface area (Å²) in [6.45, 7) is 6.09. The molecule has 1 aromatic rings. The van der Waals surface area contributed by atoms with Crippen LogP contribution in [0.3, 0.4) is 0 Å². The minimum atomic E-state index is -0.139. The van der Waals surface area contributed by atoms with Crippen LogP contribution in [0, 0.1) is 0 Å². The highest BCUT2D eigenvalue weighted by molar-refractivity contribution is 6.30. The molecule has 0 aliphatic heterocycles. The molecule has 1 aromatic carbocycles. The molecule has 0 bridgehead atoms. The number of benzene rings is 1. The average Bonchev–Trinajstić information content (AvgIpc) is 2.14. The zero-order chi connectivity index (χ0) is 12.2. The van der Waals surface area contributed by atoms with Gasteiger partial charge in [0.1, 0.15) is 5.84 Å². The van der Waals surface area contributed by atoms with E-state index in [0.717, 1.165) is 16.4 Å². The molecule has 0 spiro atoms. The molecule has 3 nitrogen and oxygen atoms in total. The van der Waals surface area contributed by atoms with Gasteiger partial charge in [-0.1, -0.05) is 23.7 Å². The first kappa shape index (κ1) is 13.0. The first-order chi connectivity index (χ1) is 7.40. The maximum atomic E-state index is 5.91. The maximum Gasteiger partial charge on any atom is 0.115 e. The molecule has 16 heavy (non-hydrogen) atoms. The van der Waals surface area contributed by atoms with Crippen molar-refractivity contribution in [3.63, 3.8) is 0 Å². The first-order valence-electron chi connectivity index (χ1n) is 5.20. The predicted molar refractivity (Wildman–Crippen MR) is 69.7 cm³/mol. The molecular weight excluding hydrogens is 222 g/mol. The third kappa shape index (κ3) is 4.64. The van der Waals surface area contributed by atoms with Crippen LogP contribution in [0.15, 0.2) is 29.3 Å². The van der Waals surface area contributed by atoms with Crippen molar-refractivity contribution < 1.29 is 0 Å². The number of hydrogen-bond acceptors (Lipinski definition) is 2. The van der Waals surface area contributed by atoms with Gasteiger partial charge >= 0.3 is 0 Å². The van der Waals surface area contributed by atoms with E-state index in [2.05, 4.69) is 10.4 Å². The Labute approximate surface area is 102 Å². The molecule has 0 aliphatic carbocycles. The monoisotopic (exact) mass is 239 g/mol. The van der Waals surface area contributed by atoms with E-state index in [-0.39, 0.29) is 5.54 Å². The Kier molecular flexibility index (Phi) is 4.33. The third-order valence-corrected chi connectivity index (χ3v) is 2.13. The lowest BCUT2D eigenvalue weighted by atomic mass is 10.1. The van der Waals surface area contributed by atoms with Crippen LogP contribution in [0.1, 0.15) is 26.3 Å². The Hall–Kier alpha value is -1.06. The van der Waals surface area contributed by atoms with E-state index in [9.17, 15) is 0 Å². The van der Waals surface area contributed by atoms with Gasteiger partial charge in [-0.3, -0.25) is 4.99 Å². The van der Waals surface area contributed by atoms with E-state index < -0.39 is 0 Å². The average molecular weight is 240 g/mol. The van der Waals surface area contributed by atoms with Crippen LogP contribution >= 0.6 is 11.6 Å². The van der Waals surface area contributed by atoms with Gasteiger partial charge in [-0.25, -0.2) is 5.84 Å². The Morgan fingerprint density at radius 3 is 2.62 bits per heavy atom. The molecule has 0 aliphatic rings. The van der Waals surface area contributed by atoms with Gasteiger partial charge in [0.25, 0.3) is 0 Å². The molecule has 0 saturated carbocycles. The summed E-state index contributed by atoms with van der Waals surface area (Å²) in [4.78, 5) is 4.49. The van der Waals surface area contributed by atoms with Gasteiger partial charge in [0.05, 0.1) is 5.54 Å². The van der Waals surface area contributed by atoms with E-state index in [0.29, 0.717) is 6.42 Å². The normalized spacial score (nSPS) is 12.7. The van der Waals surface area contributed by atoms with Gasteiger partial charge in [0, 0.05) is 11.4 Å².